The summed E-state index contributed by atoms with van der Waals surface area (Å²) >= 11 is 0. The van der Waals surface area contributed by atoms with Gasteiger partial charge in [0.15, 0.2) is 6.33 Å². The maximum absolute atomic E-state index is 10.3. The first-order chi connectivity index (χ1) is 6.70. The van der Waals surface area contributed by atoms with Crippen LogP contribution in [0.4, 0.5) is 0 Å². The average molecular weight is 197 g/mol. The van der Waals surface area contributed by atoms with Crippen molar-refractivity contribution in [2.75, 3.05) is 13.1 Å². The van der Waals surface area contributed by atoms with E-state index in [1.54, 1.807) is 0 Å². The molecular weight excluding hydrogens is 186 g/mol. The number of aliphatic carboxylic acids is 1. The van der Waals surface area contributed by atoms with Crippen LogP contribution in [0.1, 0.15) is 5.89 Å². The first kappa shape index (κ1) is 10.4. The highest BCUT2D eigenvalue weighted by atomic mass is 16.5. The molecule has 0 amide bonds. The summed E-state index contributed by atoms with van der Waals surface area (Å²) in [6, 6.07) is 0. The first-order valence-corrected chi connectivity index (χ1v) is 4.07. The van der Waals surface area contributed by atoms with E-state index in [1.165, 1.54) is 6.33 Å². The van der Waals surface area contributed by atoms with E-state index in [9.17, 15) is 4.79 Å². The van der Waals surface area contributed by atoms with E-state index >= 15 is 0 Å². The molecule has 0 saturated carbocycles. The van der Waals surface area contributed by atoms with E-state index in [4.69, 9.17) is 9.63 Å². The van der Waals surface area contributed by atoms with Crippen LogP contribution in [-0.2, 0) is 11.2 Å². The molecule has 0 saturated heterocycles. The Balaban J connectivity index is 2.11. The number of carboxylic acids is 1. The quantitative estimate of drug-likeness (QED) is 0.486. The number of carboxylic acid groups (broad SMARTS) is 1. The third-order valence-corrected chi connectivity index (χ3v) is 1.56. The zero-order chi connectivity index (χ0) is 10.4. The van der Waals surface area contributed by atoms with Gasteiger partial charge in [0.1, 0.15) is 0 Å². The van der Waals surface area contributed by atoms with Crippen molar-refractivity contribution in [3.05, 3.63) is 24.4 Å². The van der Waals surface area contributed by atoms with Gasteiger partial charge in [-0.1, -0.05) is 11.7 Å². The van der Waals surface area contributed by atoms with Crippen LogP contribution in [0.5, 0.6) is 0 Å². The Morgan fingerprint density at radius 1 is 1.71 bits per heavy atom. The predicted molar refractivity (Wildman–Crippen MR) is 47.6 cm³/mol. The fourth-order valence-corrected chi connectivity index (χ4v) is 0.816. The summed E-state index contributed by atoms with van der Waals surface area (Å²) in [6.07, 6.45) is 1.90. The van der Waals surface area contributed by atoms with Crippen molar-refractivity contribution in [2.24, 2.45) is 0 Å². The van der Waals surface area contributed by atoms with Crippen LogP contribution in [0.3, 0.4) is 0 Å². The minimum atomic E-state index is -0.990. The molecule has 0 aromatic carbocycles. The highest BCUT2D eigenvalue weighted by Crippen LogP contribution is 1.91. The first-order valence-electron chi connectivity index (χ1n) is 4.07. The van der Waals surface area contributed by atoms with Crippen LogP contribution in [0.25, 0.3) is 0 Å². The second-order valence-corrected chi connectivity index (χ2v) is 2.67. The highest BCUT2D eigenvalue weighted by Gasteiger charge is 2.03. The number of hydrogen-bond acceptors (Lipinski definition) is 5. The Hall–Kier alpha value is -1.69. The van der Waals surface area contributed by atoms with Crippen LogP contribution in [0.15, 0.2) is 23.0 Å². The zero-order valence-corrected chi connectivity index (χ0v) is 7.56. The number of hydrogen-bond donors (Lipinski definition) is 2. The minimum absolute atomic E-state index is 0.135. The van der Waals surface area contributed by atoms with Crippen LogP contribution in [0.2, 0.25) is 0 Å². The molecule has 0 atom stereocenters. The molecule has 1 heterocycles. The van der Waals surface area contributed by atoms with Crippen LogP contribution < -0.4 is 5.32 Å². The van der Waals surface area contributed by atoms with Crippen molar-refractivity contribution < 1.29 is 14.4 Å². The van der Waals surface area contributed by atoms with Crippen molar-refractivity contribution in [1.29, 1.82) is 0 Å². The van der Waals surface area contributed by atoms with Crippen molar-refractivity contribution >= 4 is 5.97 Å². The number of carbonyl (C=O) groups is 1. The van der Waals surface area contributed by atoms with Crippen LogP contribution >= 0.6 is 0 Å². The van der Waals surface area contributed by atoms with Crippen molar-refractivity contribution in [2.45, 2.75) is 6.42 Å². The Kier molecular flexibility index (Phi) is 3.81. The lowest BCUT2D eigenvalue weighted by Crippen LogP contribution is -2.22. The van der Waals surface area contributed by atoms with Gasteiger partial charge in [0.2, 0.25) is 5.89 Å². The Morgan fingerprint density at radius 3 is 3.07 bits per heavy atom. The zero-order valence-electron chi connectivity index (χ0n) is 7.56. The van der Waals surface area contributed by atoms with Crippen molar-refractivity contribution in [1.82, 2.24) is 15.5 Å². The molecule has 0 aliphatic carbocycles. The number of nitrogens with one attached hydrogen (secondary N) is 1. The van der Waals surface area contributed by atoms with Gasteiger partial charge >= 0.3 is 5.97 Å². The molecule has 14 heavy (non-hydrogen) atoms. The standard InChI is InChI=1S/C8H11N3O3/c1-6(8(12)13)4-9-3-2-7-10-5-11-14-7/h5,9H,1-4H2,(H,12,13). The van der Waals surface area contributed by atoms with Crippen molar-refractivity contribution in [3.63, 3.8) is 0 Å². The summed E-state index contributed by atoms with van der Waals surface area (Å²) in [5.41, 5.74) is 0.135. The second kappa shape index (κ2) is 5.13. The molecule has 0 unspecified atom stereocenters. The maximum Gasteiger partial charge on any atom is 0.332 e. The summed E-state index contributed by atoms with van der Waals surface area (Å²) in [4.78, 5) is 14.2. The van der Waals surface area contributed by atoms with Gasteiger partial charge in [0.25, 0.3) is 0 Å². The van der Waals surface area contributed by atoms with E-state index < -0.39 is 5.97 Å². The van der Waals surface area contributed by atoms with Gasteiger partial charge in [-0.15, -0.1) is 0 Å². The number of nitrogens with zero attached hydrogens (tertiary/aromatic N) is 2. The normalized spacial score (nSPS) is 10.0. The van der Waals surface area contributed by atoms with Gasteiger partial charge in [-0.25, -0.2) is 4.79 Å². The average Bonchev–Trinajstić information content (AvgIpc) is 2.64. The third-order valence-electron chi connectivity index (χ3n) is 1.56. The lowest BCUT2D eigenvalue weighted by molar-refractivity contribution is -0.132. The minimum Gasteiger partial charge on any atom is -0.478 e. The smallest absolute Gasteiger partial charge is 0.332 e. The number of rotatable bonds is 6. The summed E-state index contributed by atoms with van der Waals surface area (Å²) in [5, 5.41) is 14.8. The highest BCUT2D eigenvalue weighted by molar-refractivity contribution is 5.86. The topological polar surface area (TPSA) is 88.3 Å². The van der Waals surface area contributed by atoms with Gasteiger partial charge in [-0.3, -0.25) is 0 Å². The van der Waals surface area contributed by atoms with E-state index in [1.807, 2.05) is 0 Å². The summed E-state index contributed by atoms with van der Waals surface area (Å²) in [5.74, 6) is -0.464. The lowest BCUT2D eigenvalue weighted by Gasteiger charge is -2.01. The summed E-state index contributed by atoms with van der Waals surface area (Å²) < 4.78 is 4.75. The molecule has 6 nitrogen and oxygen atoms in total. The number of aromatic nitrogens is 2. The molecule has 1 aromatic heterocycles. The molecule has 1 aromatic rings. The van der Waals surface area contributed by atoms with Crippen molar-refractivity contribution in [3.8, 4) is 0 Å². The summed E-state index contributed by atoms with van der Waals surface area (Å²) in [6.45, 7) is 4.21. The SMILES string of the molecule is C=C(CNCCc1ncno1)C(=O)O. The largest absolute Gasteiger partial charge is 0.478 e. The van der Waals surface area contributed by atoms with E-state index in [0.717, 1.165) is 0 Å². The molecule has 0 bridgehead atoms. The van der Waals surface area contributed by atoms with E-state index in [0.29, 0.717) is 18.9 Å². The van der Waals surface area contributed by atoms with Gasteiger partial charge in [0, 0.05) is 25.1 Å². The lowest BCUT2D eigenvalue weighted by atomic mass is 10.3. The molecule has 0 spiro atoms. The fraction of sp³-hybridized carbons (Fsp3) is 0.375. The fourth-order valence-electron chi connectivity index (χ4n) is 0.816. The molecule has 0 aliphatic heterocycles. The molecular formula is C8H11N3O3. The molecule has 1 rings (SSSR count). The van der Waals surface area contributed by atoms with Gasteiger partial charge in [-0.2, -0.15) is 4.98 Å². The molecule has 0 aliphatic rings. The molecule has 76 valence electrons. The van der Waals surface area contributed by atoms with E-state index in [2.05, 4.69) is 22.0 Å². The van der Waals surface area contributed by atoms with Gasteiger partial charge < -0.3 is 14.9 Å². The van der Waals surface area contributed by atoms with Crippen LogP contribution in [-0.4, -0.2) is 34.3 Å². The Labute approximate surface area is 80.6 Å². The molecule has 2 N–H and O–H groups in total. The predicted octanol–water partition coefficient (Wildman–Crippen LogP) is -0.158. The maximum atomic E-state index is 10.3. The molecule has 6 heteroatoms. The monoisotopic (exact) mass is 197 g/mol. The van der Waals surface area contributed by atoms with Crippen LogP contribution in [0, 0.1) is 0 Å². The third kappa shape index (κ3) is 3.36. The Morgan fingerprint density at radius 2 is 2.50 bits per heavy atom. The van der Waals surface area contributed by atoms with E-state index in [-0.39, 0.29) is 12.1 Å². The van der Waals surface area contributed by atoms with Gasteiger partial charge in [-0.05, 0) is 0 Å². The van der Waals surface area contributed by atoms with Gasteiger partial charge in [0.05, 0.1) is 0 Å². The Bertz CT molecular complexity index is 308. The molecule has 0 fully saturated rings. The molecule has 0 radical (unpaired) electrons. The second-order valence-electron chi connectivity index (χ2n) is 2.67. The summed E-state index contributed by atoms with van der Waals surface area (Å²) in [7, 11) is 0.